The third kappa shape index (κ3) is 3.31. The summed E-state index contributed by atoms with van der Waals surface area (Å²) in [5, 5.41) is 2.78. The molecule has 1 amide bonds. The van der Waals surface area contributed by atoms with Crippen LogP contribution in [0.3, 0.4) is 0 Å². The predicted molar refractivity (Wildman–Crippen MR) is 85.3 cm³/mol. The van der Waals surface area contributed by atoms with E-state index in [0.717, 1.165) is 5.56 Å². The molecule has 22 heavy (non-hydrogen) atoms. The van der Waals surface area contributed by atoms with Crippen LogP contribution in [0.15, 0.2) is 41.2 Å². The van der Waals surface area contributed by atoms with Crippen molar-refractivity contribution in [1.29, 1.82) is 0 Å². The van der Waals surface area contributed by atoms with Gasteiger partial charge in [-0.25, -0.2) is 0 Å². The minimum Gasteiger partial charge on any atom is -0.324 e. The van der Waals surface area contributed by atoms with E-state index in [9.17, 15) is 14.4 Å². The minimum atomic E-state index is -0.438. The Morgan fingerprint density at radius 3 is 2.41 bits per heavy atom. The second-order valence-corrected chi connectivity index (χ2v) is 5.20. The number of amides is 1. The number of Topliss-reactive ketones (excluding diaryl/α,β-unsaturated/α-hetero) is 1. The molecule has 0 radical (unpaired) electrons. The highest BCUT2D eigenvalue weighted by Gasteiger charge is 2.13. The van der Waals surface area contributed by atoms with Crippen molar-refractivity contribution in [1.82, 2.24) is 4.57 Å². The monoisotopic (exact) mass is 298 g/mol. The summed E-state index contributed by atoms with van der Waals surface area (Å²) in [7, 11) is 0. The highest BCUT2D eigenvalue weighted by Crippen LogP contribution is 2.13. The van der Waals surface area contributed by atoms with Gasteiger partial charge in [0.2, 0.25) is 5.91 Å². The van der Waals surface area contributed by atoms with Crippen LogP contribution in [0.5, 0.6) is 0 Å². The Kier molecular flexibility index (Phi) is 4.56. The van der Waals surface area contributed by atoms with Crippen LogP contribution in [-0.2, 0) is 11.3 Å². The molecule has 0 fully saturated rings. The maximum absolute atomic E-state index is 12.2. The Hall–Kier alpha value is -2.69. The van der Waals surface area contributed by atoms with Crippen LogP contribution in [0.2, 0.25) is 0 Å². The lowest BCUT2D eigenvalue weighted by molar-refractivity contribution is -0.116. The number of anilines is 1. The molecule has 5 heteroatoms. The Morgan fingerprint density at radius 2 is 1.77 bits per heavy atom. The van der Waals surface area contributed by atoms with Gasteiger partial charge in [0, 0.05) is 11.4 Å². The number of aromatic nitrogens is 1. The maximum Gasteiger partial charge on any atom is 0.262 e. The zero-order valence-corrected chi connectivity index (χ0v) is 12.8. The summed E-state index contributed by atoms with van der Waals surface area (Å²) in [5.74, 6) is -0.613. The Bertz CT molecular complexity index is 791. The molecule has 1 N–H and O–H groups in total. The first-order valence-electron chi connectivity index (χ1n) is 6.97. The summed E-state index contributed by atoms with van der Waals surface area (Å²) in [4.78, 5) is 35.8. The van der Waals surface area contributed by atoms with Crippen molar-refractivity contribution in [3.8, 4) is 0 Å². The number of nitrogens with zero attached hydrogens (tertiary/aromatic N) is 1. The van der Waals surface area contributed by atoms with Crippen LogP contribution in [0.25, 0.3) is 0 Å². The summed E-state index contributed by atoms with van der Waals surface area (Å²) >= 11 is 0. The fraction of sp³-hybridized carbons (Fsp3) is 0.235. The number of aryl methyl sites for hydroxylation is 2. The highest BCUT2D eigenvalue weighted by molar-refractivity contribution is 5.94. The first kappa shape index (κ1) is 15.7. The van der Waals surface area contributed by atoms with Crippen molar-refractivity contribution < 1.29 is 9.59 Å². The molecule has 0 saturated heterocycles. The smallest absolute Gasteiger partial charge is 0.262 e. The van der Waals surface area contributed by atoms with Crippen LogP contribution >= 0.6 is 0 Å². The van der Waals surface area contributed by atoms with E-state index in [1.54, 1.807) is 19.1 Å². The number of pyridine rings is 1. The number of hydrogen-bond donors (Lipinski definition) is 1. The molecule has 0 atom stereocenters. The van der Waals surface area contributed by atoms with Gasteiger partial charge in [0.15, 0.2) is 5.78 Å². The van der Waals surface area contributed by atoms with Crippen molar-refractivity contribution in [2.24, 2.45) is 0 Å². The van der Waals surface area contributed by atoms with Crippen molar-refractivity contribution in [2.45, 2.75) is 27.3 Å². The molecule has 0 aliphatic carbocycles. The molecule has 2 rings (SSSR count). The van der Waals surface area contributed by atoms with E-state index in [1.807, 2.05) is 25.1 Å². The fourth-order valence-corrected chi connectivity index (χ4v) is 2.18. The van der Waals surface area contributed by atoms with Crippen molar-refractivity contribution in [3.63, 3.8) is 0 Å². The van der Waals surface area contributed by atoms with Gasteiger partial charge in [-0.05, 0) is 44.5 Å². The number of hydrogen-bond acceptors (Lipinski definition) is 3. The molecule has 114 valence electrons. The lowest BCUT2D eigenvalue weighted by Gasteiger charge is -2.12. The van der Waals surface area contributed by atoms with Gasteiger partial charge in [-0.2, -0.15) is 0 Å². The normalized spacial score (nSPS) is 10.3. The van der Waals surface area contributed by atoms with Crippen LogP contribution in [0.4, 0.5) is 5.69 Å². The van der Waals surface area contributed by atoms with Crippen molar-refractivity contribution >= 4 is 17.4 Å². The molecule has 0 aliphatic heterocycles. The number of carbonyl (C=O) groups excluding carboxylic acids is 2. The molecular formula is C17H18N2O3. The SMILES string of the molecule is CC(=O)c1ccc(C)n(CC(=O)Nc2ccccc2C)c1=O. The van der Waals surface area contributed by atoms with Gasteiger partial charge in [0.05, 0.1) is 5.56 Å². The molecule has 0 aliphatic rings. The first-order chi connectivity index (χ1) is 10.4. The lowest BCUT2D eigenvalue weighted by atomic mass is 10.2. The highest BCUT2D eigenvalue weighted by atomic mass is 16.2. The van der Waals surface area contributed by atoms with E-state index in [2.05, 4.69) is 5.32 Å². The molecule has 1 aromatic carbocycles. The van der Waals surface area contributed by atoms with E-state index < -0.39 is 5.56 Å². The average Bonchev–Trinajstić information content (AvgIpc) is 2.45. The maximum atomic E-state index is 12.2. The summed E-state index contributed by atoms with van der Waals surface area (Å²) in [6.45, 7) is 4.83. The molecule has 1 aromatic heterocycles. The lowest BCUT2D eigenvalue weighted by Crippen LogP contribution is -2.32. The van der Waals surface area contributed by atoms with E-state index in [4.69, 9.17) is 0 Å². The van der Waals surface area contributed by atoms with Gasteiger partial charge < -0.3 is 9.88 Å². The van der Waals surface area contributed by atoms with Crippen molar-refractivity contribution in [3.05, 3.63) is 63.6 Å². The molecule has 0 spiro atoms. The summed E-state index contributed by atoms with van der Waals surface area (Å²) in [6.07, 6.45) is 0. The second kappa shape index (κ2) is 6.39. The van der Waals surface area contributed by atoms with Crippen LogP contribution in [0, 0.1) is 13.8 Å². The van der Waals surface area contributed by atoms with E-state index in [1.165, 1.54) is 17.6 Å². The molecule has 1 heterocycles. The zero-order chi connectivity index (χ0) is 16.3. The second-order valence-electron chi connectivity index (χ2n) is 5.20. The minimum absolute atomic E-state index is 0.0919. The standard InChI is InChI=1S/C17H18N2O3/c1-11-6-4-5-7-15(11)18-16(21)10-19-12(2)8-9-14(13(3)20)17(19)22/h4-9H,10H2,1-3H3,(H,18,21). The van der Waals surface area contributed by atoms with Crippen molar-refractivity contribution in [2.75, 3.05) is 5.32 Å². The Labute approximate surface area is 128 Å². The molecular weight excluding hydrogens is 280 g/mol. The number of nitrogens with one attached hydrogen (secondary N) is 1. The van der Waals surface area contributed by atoms with Gasteiger partial charge in [0.25, 0.3) is 5.56 Å². The number of ketones is 1. The topological polar surface area (TPSA) is 68.2 Å². The third-order valence-corrected chi connectivity index (χ3v) is 3.49. The Balaban J connectivity index is 2.26. The van der Waals surface area contributed by atoms with Crippen LogP contribution in [0.1, 0.15) is 28.5 Å². The van der Waals surface area contributed by atoms with Gasteiger partial charge in [-0.3, -0.25) is 14.4 Å². The predicted octanol–water partition coefficient (Wildman–Crippen LogP) is 2.31. The van der Waals surface area contributed by atoms with E-state index >= 15 is 0 Å². The molecule has 2 aromatic rings. The zero-order valence-electron chi connectivity index (χ0n) is 12.8. The fourth-order valence-electron chi connectivity index (χ4n) is 2.18. The number of rotatable bonds is 4. The summed E-state index contributed by atoms with van der Waals surface area (Å²) in [6, 6.07) is 10.6. The summed E-state index contributed by atoms with van der Waals surface area (Å²) < 4.78 is 1.31. The quantitative estimate of drug-likeness (QED) is 0.881. The van der Waals surface area contributed by atoms with E-state index in [-0.39, 0.29) is 23.8 Å². The first-order valence-corrected chi connectivity index (χ1v) is 6.97. The largest absolute Gasteiger partial charge is 0.324 e. The van der Waals surface area contributed by atoms with E-state index in [0.29, 0.717) is 11.4 Å². The third-order valence-electron chi connectivity index (χ3n) is 3.49. The number of para-hydroxylation sites is 1. The molecule has 0 bridgehead atoms. The van der Waals surface area contributed by atoms with Gasteiger partial charge in [-0.15, -0.1) is 0 Å². The molecule has 0 unspecified atom stereocenters. The van der Waals surface area contributed by atoms with Gasteiger partial charge in [-0.1, -0.05) is 18.2 Å². The van der Waals surface area contributed by atoms with Crippen LogP contribution < -0.4 is 10.9 Å². The number of benzene rings is 1. The molecule has 0 saturated carbocycles. The average molecular weight is 298 g/mol. The van der Waals surface area contributed by atoms with Gasteiger partial charge in [0.1, 0.15) is 6.54 Å². The van der Waals surface area contributed by atoms with Crippen LogP contribution in [-0.4, -0.2) is 16.3 Å². The summed E-state index contributed by atoms with van der Waals surface area (Å²) in [5.41, 5.74) is 1.94. The Morgan fingerprint density at radius 1 is 1.09 bits per heavy atom. The molecule has 5 nitrogen and oxygen atoms in total. The van der Waals surface area contributed by atoms with Gasteiger partial charge >= 0.3 is 0 Å². The number of carbonyl (C=O) groups is 2.